The van der Waals surface area contributed by atoms with Crippen LogP contribution in [0, 0.1) is 0 Å². The zero-order chi connectivity index (χ0) is 20.7. The van der Waals surface area contributed by atoms with Gasteiger partial charge in [-0.05, 0) is 25.2 Å². The number of anilines is 4. The summed E-state index contributed by atoms with van der Waals surface area (Å²) in [5, 5.41) is 4.66. The fraction of sp³-hybridized carbons (Fsp3) is 0.286. The van der Waals surface area contributed by atoms with Crippen LogP contribution in [0.1, 0.15) is 11.7 Å². The van der Waals surface area contributed by atoms with Crippen LogP contribution >= 0.6 is 23.2 Å². The van der Waals surface area contributed by atoms with Crippen molar-refractivity contribution in [1.29, 1.82) is 0 Å². The van der Waals surface area contributed by atoms with Crippen molar-refractivity contribution in [2.45, 2.75) is 6.17 Å². The Morgan fingerprint density at radius 3 is 2.33 bits per heavy atom. The number of likely N-dealkylation sites (N-methyl/N-ethyl adjacent to an activating group) is 1. The first-order valence-corrected chi connectivity index (χ1v) is 10.6. The number of piperazine rings is 1. The third-order valence-corrected chi connectivity index (χ3v) is 6.24. The number of hydrogen-bond donors (Lipinski definition) is 1. The second-order valence-corrected chi connectivity index (χ2v) is 8.28. The Hall–Kier alpha value is -2.61. The van der Waals surface area contributed by atoms with E-state index in [1.54, 1.807) is 12.4 Å². The fourth-order valence-electron chi connectivity index (χ4n) is 3.93. The van der Waals surface area contributed by atoms with Crippen molar-refractivity contribution >= 4 is 46.2 Å². The molecule has 0 aliphatic carbocycles. The molecule has 7 nitrogen and oxygen atoms in total. The number of aromatic nitrogens is 3. The van der Waals surface area contributed by atoms with E-state index in [4.69, 9.17) is 33.2 Å². The minimum absolute atomic E-state index is 0.311. The van der Waals surface area contributed by atoms with E-state index in [1.807, 2.05) is 36.7 Å². The van der Waals surface area contributed by atoms with Crippen molar-refractivity contribution in [2.24, 2.45) is 0 Å². The number of pyridine rings is 1. The van der Waals surface area contributed by atoms with Crippen LogP contribution in [0.15, 0.2) is 49.1 Å². The lowest BCUT2D eigenvalue weighted by molar-refractivity contribution is 0.312. The van der Waals surface area contributed by atoms with Gasteiger partial charge in [-0.3, -0.25) is 9.88 Å². The minimum Gasteiger partial charge on any atom is -0.358 e. The second-order valence-electron chi connectivity index (χ2n) is 7.47. The van der Waals surface area contributed by atoms with Crippen molar-refractivity contribution in [1.82, 2.24) is 19.9 Å². The predicted molar refractivity (Wildman–Crippen MR) is 121 cm³/mol. The summed E-state index contributed by atoms with van der Waals surface area (Å²) in [5.74, 6) is 1.60. The average Bonchev–Trinajstić information content (AvgIpc) is 3.13. The number of nitrogens with one attached hydrogen (secondary N) is 1. The van der Waals surface area contributed by atoms with Gasteiger partial charge >= 0.3 is 0 Å². The summed E-state index contributed by atoms with van der Waals surface area (Å²) in [7, 11) is 2.14. The highest BCUT2D eigenvalue weighted by Crippen LogP contribution is 2.47. The molecule has 1 fully saturated rings. The molecule has 4 heterocycles. The van der Waals surface area contributed by atoms with Gasteiger partial charge in [0.25, 0.3) is 0 Å². The Morgan fingerprint density at radius 1 is 0.933 bits per heavy atom. The first-order chi connectivity index (χ1) is 14.6. The van der Waals surface area contributed by atoms with E-state index in [-0.39, 0.29) is 6.17 Å². The molecule has 30 heavy (non-hydrogen) atoms. The monoisotopic (exact) mass is 441 g/mol. The number of fused-ring (bicyclic) bond motifs is 1. The van der Waals surface area contributed by atoms with E-state index in [2.05, 4.69) is 32.0 Å². The van der Waals surface area contributed by atoms with Crippen LogP contribution in [0.25, 0.3) is 0 Å². The Kier molecular flexibility index (Phi) is 5.10. The highest BCUT2D eigenvalue weighted by atomic mass is 35.5. The van der Waals surface area contributed by atoms with Gasteiger partial charge < -0.3 is 15.1 Å². The van der Waals surface area contributed by atoms with Gasteiger partial charge in [-0.2, -0.15) is 0 Å². The molecule has 1 aromatic carbocycles. The lowest BCUT2D eigenvalue weighted by Crippen LogP contribution is -2.44. The standard InChI is InChI=1S/C21H21Cl2N7/c1-28-7-9-29(10-8-28)18-12-26-19(13-25-18)30-17-5-6-24-11-16(17)27-21(30)20-14(22)3-2-4-15(20)23/h2-6,11-13,21,27H,7-10H2,1H3. The molecule has 1 unspecified atom stereocenters. The molecule has 0 amide bonds. The molecule has 0 radical (unpaired) electrons. The summed E-state index contributed by atoms with van der Waals surface area (Å²) >= 11 is 13.1. The van der Waals surface area contributed by atoms with Gasteiger partial charge in [-0.15, -0.1) is 0 Å². The zero-order valence-corrected chi connectivity index (χ0v) is 18.0. The molecule has 1 N–H and O–H groups in total. The number of hydrogen-bond acceptors (Lipinski definition) is 7. The van der Waals surface area contributed by atoms with Crippen LogP contribution in [-0.2, 0) is 0 Å². The lowest BCUT2D eigenvalue weighted by Gasteiger charge is -2.33. The molecular formula is C21H21Cl2N7. The summed E-state index contributed by atoms with van der Waals surface area (Å²) in [6, 6.07) is 7.47. The van der Waals surface area contributed by atoms with Crippen LogP contribution in [0.2, 0.25) is 10.0 Å². The van der Waals surface area contributed by atoms with Gasteiger partial charge in [-0.1, -0.05) is 29.3 Å². The van der Waals surface area contributed by atoms with Gasteiger partial charge in [0.1, 0.15) is 12.0 Å². The smallest absolute Gasteiger partial charge is 0.153 e. The van der Waals surface area contributed by atoms with Crippen LogP contribution in [0.4, 0.5) is 23.0 Å². The van der Waals surface area contributed by atoms with Crippen molar-refractivity contribution in [2.75, 3.05) is 48.3 Å². The van der Waals surface area contributed by atoms with Crippen molar-refractivity contribution in [3.63, 3.8) is 0 Å². The largest absolute Gasteiger partial charge is 0.358 e. The van der Waals surface area contributed by atoms with Gasteiger partial charge in [0.15, 0.2) is 5.82 Å². The maximum absolute atomic E-state index is 6.53. The van der Waals surface area contributed by atoms with E-state index in [0.29, 0.717) is 15.9 Å². The summed E-state index contributed by atoms with van der Waals surface area (Å²) in [5.41, 5.74) is 2.64. The molecule has 2 aromatic heterocycles. The highest BCUT2D eigenvalue weighted by molar-refractivity contribution is 6.36. The molecule has 9 heteroatoms. The topological polar surface area (TPSA) is 60.4 Å². The van der Waals surface area contributed by atoms with E-state index < -0.39 is 0 Å². The van der Waals surface area contributed by atoms with Crippen molar-refractivity contribution in [3.05, 3.63) is 64.7 Å². The Labute approximate surface area is 185 Å². The summed E-state index contributed by atoms with van der Waals surface area (Å²) in [6.07, 6.45) is 6.89. The third kappa shape index (κ3) is 3.43. The van der Waals surface area contributed by atoms with Gasteiger partial charge in [0.05, 0.1) is 30.0 Å². The van der Waals surface area contributed by atoms with Gasteiger partial charge in [0.2, 0.25) is 0 Å². The van der Waals surface area contributed by atoms with Crippen molar-refractivity contribution < 1.29 is 0 Å². The van der Waals surface area contributed by atoms with E-state index in [9.17, 15) is 0 Å². The fourth-order valence-corrected chi connectivity index (χ4v) is 4.53. The molecule has 1 saturated heterocycles. The Balaban J connectivity index is 1.51. The Bertz CT molecular complexity index is 1030. The molecule has 3 aromatic rings. The van der Waals surface area contributed by atoms with Crippen LogP contribution in [-0.4, -0.2) is 53.1 Å². The molecule has 0 spiro atoms. The minimum atomic E-state index is -0.311. The third-order valence-electron chi connectivity index (χ3n) is 5.58. The zero-order valence-electron chi connectivity index (χ0n) is 16.5. The lowest BCUT2D eigenvalue weighted by atomic mass is 10.1. The molecule has 2 aliphatic rings. The van der Waals surface area contributed by atoms with Gasteiger partial charge in [0, 0.05) is 48.0 Å². The van der Waals surface area contributed by atoms with E-state index >= 15 is 0 Å². The van der Waals surface area contributed by atoms with Crippen molar-refractivity contribution in [3.8, 4) is 0 Å². The number of benzene rings is 1. The molecule has 154 valence electrons. The molecular weight excluding hydrogens is 421 g/mol. The molecule has 2 aliphatic heterocycles. The second kappa shape index (κ2) is 7.91. The van der Waals surface area contributed by atoms with E-state index in [0.717, 1.165) is 48.9 Å². The molecule has 0 bridgehead atoms. The molecule has 0 saturated carbocycles. The number of halogens is 2. The highest BCUT2D eigenvalue weighted by Gasteiger charge is 2.35. The SMILES string of the molecule is CN1CCN(c2cnc(N3c4ccncc4NC3c3c(Cl)cccc3Cl)cn2)CC1. The van der Waals surface area contributed by atoms with Crippen LogP contribution < -0.4 is 15.1 Å². The molecule has 1 atom stereocenters. The average molecular weight is 442 g/mol. The summed E-state index contributed by atoms with van der Waals surface area (Å²) in [6.45, 7) is 3.93. The predicted octanol–water partition coefficient (Wildman–Crippen LogP) is 4.19. The summed E-state index contributed by atoms with van der Waals surface area (Å²) in [4.78, 5) is 20.3. The first-order valence-electron chi connectivity index (χ1n) is 9.81. The number of nitrogens with zero attached hydrogens (tertiary/aromatic N) is 6. The quantitative estimate of drug-likeness (QED) is 0.653. The Morgan fingerprint density at radius 2 is 1.63 bits per heavy atom. The maximum Gasteiger partial charge on any atom is 0.153 e. The van der Waals surface area contributed by atoms with E-state index in [1.165, 1.54) is 0 Å². The normalized spacial score (nSPS) is 19.0. The first kappa shape index (κ1) is 19.4. The molecule has 5 rings (SSSR count). The van der Waals surface area contributed by atoms with Crippen LogP contribution in [0.3, 0.4) is 0 Å². The summed E-state index contributed by atoms with van der Waals surface area (Å²) < 4.78 is 0. The van der Waals surface area contributed by atoms with Crippen LogP contribution in [0.5, 0.6) is 0 Å². The van der Waals surface area contributed by atoms with Gasteiger partial charge in [-0.25, -0.2) is 9.97 Å². The maximum atomic E-state index is 6.53. The number of rotatable bonds is 3.